The minimum Gasteiger partial charge on any atom is -0.380 e. The third-order valence-corrected chi connectivity index (χ3v) is 3.66. The van der Waals surface area contributed by atoms with Crippen LogP contribution < -0.4 is 5.32 Å². The first kappa shape index (κ1) is 13.4. The van der Waals surface area contributed by atoms with E-state index in [0.29, 0.717) is 6.04 Å². The number of ether oxygens (including phenoxy) is 1. The van der Waals surface area contributed by atoms with Crippen LogP contribution in [0.3, 0.4) is 0 Å². The van der Waals surface area contributed by atoms with Gasteiger partial charge in [-0.2, -0.15) is 0 Å². The van der Waals surface area contributed by atoms with Crippen LogP contribution in [0.2, 0.25) is 0 Å². The van der Waals surface area contributed by atoms with E-state index in [-0.39, 0.29) is 0 Å². The summed E-state index contributed by atoms with van der Waals surface area (Å²) in [5, 5.41) is 5.60. The van der Waals surface area contributed by atoms with Crippen molar-refractivity contribution in [2.75, 3.05) is 19.8 Å². The zero-order valence-corrected chi connectivity index (χ0v) is 11.0. The second kappa shape index (κ2) is 7.60. The highest BCUT2D eigenvalue weighted by molar-refractivity contribution is 7.10. The highest BCUT2D eigenvalue weighted by Gasteiger charge is 2.08. The number of hydrogen-bond donors (Lipinski definition) is 1. The van der Waals surface area contributed by atoms with Crippen molar-refractivity contribution >= 4 is 11.3 Å². The third kappa shape index (κ3) is 4.47. The molecule has 0 saturated heterocycles. The first-order chi connectivity index (χ1) is 7.75. The normalized spacial score (nSPS) is 12.6. The Labute approximate surface area is 102 Å². The molecule has 1 rings (SSSR count). The van der Waals surface area contributed by atoms with Gasteiger partial charge in [0.1, 0.15) is 0 Å². The molecule has 1 N–H and O–H groups in total. The highest BCUT2D eigenvalue weighted by atomic mass is 32.1. The summed E-state index contributed by atoms with van der Waals surface area (Å²) in [5.74, 6) is 0. The van der Waals surface area contributed by atoms with Gasteiger partial charge >= 0.3 is 0 Å². The maximum atomic E-state index is 5.44. The minimum atomic E-state index is 0.419. The first-order valence-electron chi connectivity index (χ1n) is 5.71. The Hall–Kier alpha value is -0.640. The minimum absolute atomic E-state index is 0.419. The monoisotopic (exact) mass is 239 g/mol. The molecule has 1 unspecified atom stereocenters. The Kier molecular flexibility index (Phi) is 6.38. The van der Waals surface area contributed by atoms with Crippen molar-refractivity contribution in [3.63, 3.8) is 0 Å². The van der Waals surface area contributed by atoms with Crippen molar-refractivity contribution in [1.29, 1.82) is 0 Å². The second-order valence-corrected chi connectivity index (χ2v) is 4.78. The van der Waals surface area contributed by atoms with Crippen molar-refractivity contribution in [1.82, 2.24) is 5.32 Å². The summed E-state index contributed by atoms with van der Waals surface area (Å²) in [7, 11) is 0. The van der Waals surface area contributed by atoms with E-state index in [2.05, 4.69) is 37.2 Å². The van der Waals surface area contributed by atoms with Crippen LogP contribution in [0.1, 0.15) is 29.8 Å². The molecule has 0 aromatic carbocycles. The summed E-state index contributed by atoms with van der Waals surface area (Å²) in [6.07, 6.45) is 2.81. The summed E-state index contributed by atoms with van der Waals surface area (Å²) in [6, 6.07) is 2.58. The number of rotatable bonds is 8. The van der Waals surface area contributed by atoms with Crippen LogP contribution >= 0.6 is 11.3 Å². The average molecular weight is 239 g/mol. The zero-order valence-electron chi connectivity index (χ0n) is 10.2. The molecular weight excluding hydrogens is 218 g/mol. The molecule has 1 atom stereocenters. The summed E-state index contributed by atoms with van der Waals surface area (Å²) in [4.78, 5) is 1.42. The van der Waals surface area contributed by atoms with E-state index in [9.17, 15) is 0 Å². The van der Waals surface area contributed by atoms with E-state index >= 15 is 0 Å². The Morgan fingerprint density at radius 2 is 2.38 bits per heavy atom. The molecule has 90 valence electrons. The number of hydrogen-bond acceptors (Lipinski definition) is 3. The van der Waals surface area contributed by atoms with Crippen LogP contribution in [0.15, 0.2) is 24.1 Å². The molecule has 16 heavy (non-hydrogen) atoms. The fourth-order valence-electron chi connectivity index (χ4n) is 1.54. The number of thiophene rings is 1. The first-order valence-corrected chi connectivity index (χ1v) is 6.59. The molecule has 0 fully saturated rings. The molecule has 1 aromatic heterocycles. The van der Waals surface area contributed by atoms with Gasteiger partial charge in [-0.25, -0.2) is 0 Å². The SMILES string of the molecule is C=CCCOCCNC(C)c1sccc1C. The third-order valence-electron chi connectivity index (χ3n) is 2.46. The van der Waals surface area contributed by atoms with Gasteiger partial charge in [-0.15, -0.1) is 17.9 Å². The lowest BCUT2D eigenvalue weighted by Crippen LogP contribution is -2.23. The van der Waals surface area contributed by atoms with Crippen LogP contribution in [-0.2, 0) is 4.74 Å². The van der Waals surface area contributed by atoms with E-state index in [4.69, 9.17) is 4.74 Å². The zero-order chi connectivity index (χ0) is 11.8. The van der Waals surface area contributed by atoms with Crippen LogP contribution in [0.25, 0.3) is 0 Å². The molecule has 0 aliphatic rings. The summed E-state index contributed by atoms with van der Waals surface area (Å²) in [6.45, 7) is 10.5. The Balaban J connectivity index is 2.13. The molecule has 1 aromatic rings. The molecular formula is C13H21NOS. The van der Waals surface area contributed by atoms with Crippen LogP contribution in [0, 0.1) is 6.92 Å². The van der Waals surface area contributed by atoms with Crippen molar-refractivity contribution in [3.8, 4) is 0 Å². The molecule has 2 nitrogen and oxygen atoms in total. The lowest BCUT2D eigenvalue weighted by Gasteiger charge is -2.13. The van der Waals surface area contributed by atoms with Crippen molar-refractivity contribution < 1.29 is 4.74 Å². The molecule has 0 aliphatic heterocycles. The van der Waals surface area contributed by atoms with Gasteiger partial charge in [0.25, 0.3) is 0 Å². The van der Waals surface area contributed by atoms with E-state index in [1.54, 1.807) is 0 Å². The fraction of sp³-hybridized carbons (Fsp3) is 0.538. The van der Waals surface area contributed by atoms with Crippen LogP contribution in [0.4, 0.5) is 0 Å². The van der Waals surface area contributed by atoms with Gasteiger partial charge < -0.3 is 10.1 Å². The summed E-state index contributed by atoms with van der Waals surface area (Å²) in [5.41, 5.74) is 1.37. The lowest BCUT2D eigenvalue weighted by atomic mass is 10.2. The molecule has 0 saturated carbocycles. The summed E-state index contributed by atoms with van der Waals surface area (Å²) >= 11 is 1.81. The summed E-state index contributed by atoms with van der Waals surface area (Å²) < 4.78 is 5.44. The molecule has 1 heterocycles. The molecule has 0 spiro atoms. The van der Waals surface area contributed by atoms with Gasteiger partial charge in [0.2, 0.25) is 0 Å². The van der Waals surface area contributed by atoms with Crippen molar-refractivity contribution in [3.05, 3.63) is 34.5 Å². The maximum Gasteiger partial charge on any atom is 0.0591 e. The molecule has 0 bridgehead atoms. The predicted octanol–water partition coefficient (Wildman–Crippen LogP) is 3.30. The second-order valence-electron chi connectivity index (χ2n) is 3.83. The van der Waals surface area contributed by atoms with Crippen molar-refractivity contribution in [2.45, 2.75) is 26.3 Å². The largest absolute Gasteiger partial charge is 0.380 e. The topological polar surface area (TPSA) is 21.3 Å². The quantitative estimate of drug-likeness (QED) is 0.555. The van der Waals surface area contributed by atoms with Crippen LogP contribution in [-0.4, -0.2) is 19.8 Å². The fourth-order valence-corrected chi connectivity index (χ4v) is 2.50. The van der Waals surface area contributed by atoms with E-state index in [0.717, 1.165) is 26.2 Å². The van der Waals surface area contributed by atoms with Gasteiger partial charge in [-0.3, -0.25) is 0 Å². The molecule has 0 aliphatic carbocycles. The average Bonchev–Trinajstić information content (AvgIpc) is 2.69. The Morgan fingerprint density at radius 3 is 3.00 bits per heavy atom. The van der Waals surface area contributed by atoms with Gasteiger partial charge in [0.05, 0.1) is 13.2 Å². The highest BCUT2D eigenvalue weighted by Crippen LogP contribution is 2.22. The van der Waals surface area contributed by atoms with Gasteiger partial charge in [-0.1, -0.05) is 6.08 Å². The smallest absolute Gasteiger partial charge is 0.0591 e. The standard InChI is InChI=1S/C13H21NOS/c1-4-5-8-15-9-7-14-12(3)13-11(2)6-10-16-13/h4,6,10,12,14H,1,5,7-9H2,2-3H3. The van der Waals surface area contributed by atoms with Gasteiger partial charge in [0, 0.05) is 17.5 Å². The van der Waals surface area contributed by atoms with E-state index in [1.165, 1.54) is 10.4 Å². The molecule has 3 heteroatoms. The Bertz CT molecular complexity index is 309. The molecule has 0 radical (unpaired) electrons. The number of nitrogens with one attached hydrogen (secondary N) is 1. The number of aryl methyl sites for hydroxylation is 1. The van der Waals surface area contributed by atoms with E-state index < -0.39 is 0 Å². The van der Waals surface area contributed by atoms with E-state index in [1.807, 2.05) is 17.4 Å². The van der Waals surface area contributed by atoms with Gasteiger partial charge in [0.15, 0.2) is 0 Å². The molecule has 0 amide bonds. The van der Waals surface area contributed by atoms with Crippen LogP contribution in [0.5, 0.6) is 0 Å². The predicted molar refractivity (Wildman–Crippen MR) is 71.1 cm³/mol. The van der Waals surface area contributed by atoms with Crippen molar-refractivity contribution in [2.24, 2.45) is 0 Å². The lowest BCUT2D eigenvalue weighted by molar-refractivity contribution is 0.138. The Morgan fingerprint density at radius 1 is 1.56 bits per heavy atom. The maximum absolute atomic E-state index is 5.44. The van der Waals surface area contributed by atoms with Gasteiger partial charge in [-0.05, 0) is 37.3 Å².